The Morgan fingerprint density at radius 3 is 2.67 bits per heavy atom. The Labute approximate surface area is 71.9 Å². The zero-order valence-electron chi connectivity index (χ0n) is 7.61. The highest BCUT2D eigenvalue weighted by atomic mass is 19.3. The summed E-state index contributed by atoms with van der Waals surface area (Å²) >= 11 is 0. The van der Waals surface area contributed by atoms with E-state index in [2.05, 4.69) is 5.43 Å². The van der Waals surface area contributed by atoms with E-state index in [1.807, 2.05) is 18.9 Å². The van der Waals surface area contributed by atoms with Crippen LogP contribution in [0.4, 0.5) is 8.78 Å². The Hall–Kier alpha value is -0.220. The number of rotatable bonds is 1. The van der Waals surface area contributed by atoms with Gasteiger partial charge in [-0.15, -0.1) is 0 Å². The molecule has 12 heavy (non-hydrogen) atoms. The molecule has 1 aliphatic heterocycles. The lowest BCUT2D eigenvalue weighted by Crippen LogP contribution is -2.45. The van der Waals surface area contributed by atoms with Gasteiger partial charge in [-0.05, 0) is 20.3 Å². The van der Waals surface area contributed by atoms with Gasteiger partial charge in [0.1, 0.15) is 0 Å². The van der Waals surface area contributed by atoms with Crippen molar-refractivity contribution in [2.24, 2.45) is 0 Å². The third kappa shape index (κ3) is 2.68. The van der Waals surface area contributed by atoms with E-state index in [0.717, 1.165) is 0 Å². The summed E-state index contributed by atoms with van der Waals surface area (Å²) in [4.78, 5) is 0. The van der Waals surface area contributed by atoms with Crippen LogP contribution in [0, 0.1) is 0 Å². The minimum atomic E-state index is -2.52. The lowest BCUT2D eigenvalue weighted by atomic mass is 10.2. The molecule has 0 aromatic heterocycles. The van der Waals surface area contributed by atoms with E-state index in [-0.39, 0.29) is 13.0 Å². The Bertz CT molecular complexity index is 148. The highest BCUT2D eigenvalue weighted by Gasteiger charge is 2.31. The van der Waals surface area contributed by atoms with Gasteiger partial charge in [-0.1, -0.05) is 0 Å². The Balaban J connectivity index is 2.45. The third-order valence-corrected chi connectivity index (χ3v) is 2.11. The standard InChI is InChI=1S/C8H16F2N2/c1-7(2)12-5-3-4-8(9,10)6-11-12/h7,11H,3-6H2,1-2H3. The van der Waals surface area contributed by atoms with Crippen molar-refractivity contribution in [3.8, 4) is 0 Å². The van der Waals surface area contributed by atoms with Gasteiger partial charge in [-0.3, -0.25) is 0 Å². The molecular weight excluding hydrogens is 162 g/mol. The fourth-order valence-corrected chi connectivity index (χ4v) is 1.33. The number of halogens is 2. The Kier molecular flexibility index (Phi) is 3.01. The largest absolute Gasteiger partial charge is 0.261 e. The molecule has 1 rings (SSSR count). The van der Waals surface area contributed by atoms with E-state index in [1.54, 1.807) is 0 Å². The van der Waals surface area contributed by atoms with Crippen LogP contribution in [0.1, 0.15) is 26.7 Å². The molecule has 0 bridgehead atoms. The van der Waals surface area contributed by atoms with E-state index in [9.17, 15) is 8.78 Å². The maximum Gasteiger partial charge on any atom is 0.261 e. The van der Waals surface area contributed by atoms with Gasteiger partial charge < -0.3 is 0 Å². The van der Waals surface area contributed by atoms with Crippen molar-refractivity contribution >= 4 is 0 Å². The molecule has 0 radical (unpaired) electrons. The molecule has 0 saturated carbocycles. The molecule has 1 aliphatic rings. The number of alkyl halides is 2. The molecule has 0 aliphatic carbocycles. The monoisotopic (exact) mass is 178 g/mol. The van der Waals surface area contributed by atoms with Crippen LogP contribution in [-0.2, 0) is 0 Å². The smallest absolute Gasteiger partial charge is 0.249 e. The Morgan fingerprint density at radius 1 is 1.42 bits per heavy atom. The summed E-state index contributed by atoms with van der Waals surface area (Å²) in [6.45, 7) is 4.49. The van der Waals surface area contributed by atoms with E-state index >= 15 is 0 Å². The topological polar surface area (TPSA) is 15.3 Å². The quantitative estimate of drug-likeness (QED) is 0.656. The summed E-state index contributed by atoms with van der Waals surface area (Å²) in [7, 11) is 0. The molecule has 1 fully saturated rings. The second-order valence-corrected chi connectivity index (χ2v) is 3.58. The van der Waals surface area contributed by atoms with Crippen molar-refractivity contribution in [2.75, 3.05) is 13.1 Å². The van der Waals surface area contributed by atoms with Gasteiger partial charge in [-0.2, -0.15) is 0 Å². The first-order valence-electron chi connectivity index (χ1n) is 4.39. The first-order valence-corrected chi connectivity index (χ1v) is 4.39. The average Bonchev–Trinajstić information content (AvgIpc) is 2.10. The van der Waals surface area contributed by atoms with Gasteiger partial charge in [-0.25, -0.2) is 19.2 Å². The second kappa shape index (κ2) is 3.66. The molecule has 0 amide bonds. The summed E-state index contributed by atoms with van der Waals surface area (Å²) in [6.07, 6.45) is 0.571. The van der Waals surface area contributed by atoms with Crippen molar-refractivity contribution in [3.63, 3.8) is 0 Å². The van der Waals surface area contributed by atoms with E-state index in [0.29, 0.717) is 19.0 Å². The maximum atomic E-state index is 12.8. The predicted octanol–water partition coefficient (Wildman–Crippen LogP) is 1.63. The molecule has 2 nitrogen and oxygen atoms in total. The van der Waals surface area contributed by atoms with Crippen molar-refractivity contribution < 1.29 is 8.78 Å². The van der Waals surface area contributed by atoms with Crippen LogP contribution in [0.5, 0.6) is 0 Å². The maximum absolute atomic E-state index is 12.8. The van der Waals surface area contributed by atoms with E-state index in [4.69, 9.17) is 0 Å². The van der Waals surface area contributed by atoms with Crippen LogP contribution in [0.2, 0.25) is 0 Å². The molecule has 1 saturated heterocycles. The first-order chi connectivity index (χ1) is 5.51. The predicted molar refractivity (Wildman–Crippen MR) is 44.0 cm³/mol. The lowest BCUT2D eigenvalue weighted by molar-refractivity contribution is -0.0111. The molecular formula is C8H16F2N2. The second-order valence-electron chi connectivity index (χ2n) is 3.58. The van der Waals surface area contributed by atoms with Gasteiger partial charge in [0, 0.05) is 19.0 Å². The van der Waals surface area contributed by atoms with Crippen LogP contribution in [0.25, 0.3) is 0 Å². The van der Waals surface area contributed by atoms with Crippen molar-refractivity contribution in [1.82, 2.24) is 10.4 Å². The Morgan fingerprint density at radius 2 is 2.08 bits per heavy atom. The van der Waals surface area contributed by atoms with Gasteiger partial charge in [0.25, 0.3) is 5.92 Å². The average molecular weight is 178 g/mol. The SMILES string of the molecule is CC(C)N1CCCC(F)(F)CN1. The van der Waals surface area contributed by atoms with E-state index < -0.39 is 5.92 Å². The molecule has 0 aromatic carbocycles. The highest BCUT2D eigenvalue weighted by molar-refractivity contribution is 4.74. The zero-order chi connectivity index (χ0) is 9.19. The minimum Gasteiger partial charge on any atom is -0.249 e. The van der Waals surface area contributed by atoms with Crippen LogP contribution < -0.4 is 5.43 Å². The van der Waals surface area contributed by atoms with Gasteiger partial charge in [0.15, 0.2) is 0 Å². The van der Waals surface area contributed by atoms with Crippen molar-refractivity contribution in [1.29, 1.82) is 0 Å². The molecule has 72 valence electrons. The molecule has 0 unspecified atom stereocenters. The number of nitrogens with one attached hydrogen (secondary N) is 1. The molecule has 0 spiro atoms. The summed E-state index contributed by atoms with van der Waals surface area (Å²) in [6, 6.07) is 0.291. The van der Waals surface area contributed by atoms with Gasteiger partial charge in [0.05, 0.1) is 6.54 Å². The summed E-state index contributed by atoms with van der Waals surface area (Å²) in [5, 5.41) is 1.88. The molecule has 0 aromatic rings. The van der Waals surface area contributed by atoms with Crippen LogP contribution in [-0.4, -0.2) is 30.1 Å². The highest BCUT2D eigenvalue weighted by Crippen LogP contribution is 2.22. The fraction of sp³-hybridized carbons (Fsp3) is 1.00. The van der Waals surface area contributed by atoms with Crippen molar-refractivity contribution in [3.05, 3.63) is 0 Å². The third-order valence-electron chi connectivity index (χ3n) is 2.11. The van der Waals surface area contributed by atoms with E-state index in [1.165, 1.54) is 0 Å². The lowest BCUT2D eigenvalue weighted by Gasteiger charge is -2.25. The molecule has 4 heteroatoms. The van der Waals surface area contributed by atoms with Crippen LogP contribution in [0.3, 0.4) is 0 Å². The first kappa shape index (κ1) is 9.86. The van der Waals surface area contributed by atoms with Gasteiger partial charge in [0.2, 0.25) is 0 Å². The summed E-state index contributed by atoms with van der Waals surface area (Å²) in [5.41, 5.74) is 2.75. The summed E-state index contributed by atoms with van der Waals surface area (Å²) < 4.78 is 25.6. The van der Waals surface area contributed by atoms with Crippen LogP contribution >= 0.6 is 0 Å². The van der Waals surface area contributed by atoms with Gasteiger partial charge >= 0.3 is 0 Å². The normalized spacial score (nSPS) is 25.8. The number of hydrazine groups is 1. The number of hydrogen-bond acceptors (Lipinski definition) is 2. The zero-order valence-corrected chi connectivity index (χ0v) is 7.61. The molecule has 0 atom stereocenters. The van der Waals surface area contributed by atoms with Crippen LogP contribution in [0.15, 0.2) is 0 Å². The van der Waals surface area contributed by atoms with Crippen molar-refractivity contribution in [2.45, 2.75) is 38.7 Å². The number of nitrogens with zero attached hydrogens (tertiary/aromatic N) is 1. The minimum absolute atomic E-state index is 0.00319. The summed E-state index contributed by atoms with van der Waals surface area (Å²) in [5.74, 6) is -2.52. The number of hydrogen-bond donors (Lipinski definition) is 1. The molecule has 1 heterocycles. The molecule has 1 N–H and O–H groups in total. The fourth-order valence-electron chi connectivity index (χ4n) is 1.33.